The number of hydrogen-bond acceptors (Lipinski definition) is 2. The molecule has 1 saturated heterocycles. The molecule has 0 amide bonds. The Hall–Kier alpha value is -0.130. The van der Waals surface area contributed by atoms with Crippen LogP contribution in [0, 0.1) is 11.6 Å². The minimum atomic E-state index is -0.612. The van der Waals surface area contributed by atoms with Crippen molar-refractivity contribution in [1.29, 1.82) is 0 Å². The number of nitrogens with one attached hydrogen (secondary N) is 1. The lowest BCUT2D eigenvalue weighted by atomic mass is 9.98. The summed E-state index contributed by atoms with van der Waals surface area (Å²) in [5.41, 5.74) is 0.122. The molecule has 0 unspecified atom stereocenters. The quantitative estimate of drug-likeness (QED) is 0.808. The fourth-order valence-electron chi connectivity index (χ4n) is 2.62. The summed E-state index contributed by atoms with van der Waals surface area (Å²) in [6, 6.07) is 2.30. The van der Waals surface area contributed by atoms with Crippen LogP contribution in [0.4, 0.5) is 8.78 Å². The van der Waals surface area contributed by atoms with Gasteiger partial charge in [0.05, 0.1) is 5.02 Å². The minimum Gasteiger partial charge on any atom is -0.314 e. The summed E-state index contributed by atoms with van der Waals surface area (Å²) in [7, 11) is 0. The van der Waals surface area contributed by atoms with Crippen molar-refractivity contribution in [2.24, 2.45) is 0 Å². The maximum atomic E-state index is 14.2. The maximum Gasteiger partial charge on any atom is 0.149 e. The SMILES string of the molecule is CCC[C@H](c1c(F)ccc(Cl)c1F)N1CCNCC1.Cl.Cl. The lowest BCUT2D eigenvalue weighted by molar-refractivity contribution is 0.158. The van der Waals surface area contributed by atoms with Crippen LogP contribution < -0.4 is 5.32 Å². The number of piperazine rings is 1. The van der Waals surface area contributed by atoms with Gasteiger partial charge in [-0.05, 0) is 18.6 Å². The Balaban J connectivity index is 0.00000200. The van der Waals surface area contributed by atoms with E-state index in [1.807, 2.05) is 6.92 Å². The minimum absolute atomic E-state index is 0. The van der Waals surface area contributed by atoms with Crippen molar-refractivity contribution in [1.82, 2.24) is 10.2 Å². The van der Waals surface area contributed by atoms with E-state index in [9.17, 15) is 8.78 Å². The standard InChI is InChI=1S/C14H19ClF2N2.2ClH/c1-2-3-12(19-8-6-18-7-9-19)13-11(16)5-4-10(15)14(13)17;;/h4-5,12,18H,2-3,6-9H2,1H3;2*1H/t12-;;/m1../s1. The van der Waals surface area contributed by atoms with Gasteiger partial charge in [0.25, 0.3) is 0 Å². The van der Waals surface area contributed by atoms with Gasteiger partial charge in [0.2, 0.25) is 0 Å². The summed E-state index contributed by atoms with van der Waals surface area (Å²) in [5.74, 6) is -1.11. The molecule has 1 aromatic rings. The van der Waals surface area contributed by atoms with Crippen LogP contribution in [0.5, 0.6) is 0 Å². The van der Waals surface area contributed by atoms with E-state index >= 15 is 0 Å². The molecule has 1 aromatic carbocycles. The van der Waals surface area contributed by atoms with Gasteiger partial charge >= 0.3 is 0 Å². The van der Waals surface area contributed by atoms with E-state index in [2.05, 4.69) is 10.2 Å². The number of halogens is 5. The van der Waals surface area contributed by atoms with E-state index in [1.165, 1.54) is 12.1 Å². The first-order valence-electron chi connectivity index (χ1n) is 6.73. The van der Waals surface area contributed by atoms with Gasteiger partial charge in [-0.25, -0.2) is 8.78 Å². The van der Waals surface area contributed by atoms with Gasteiger partial charge in [-0.2, -0.15) is 0 Å². The third-order valence-electron chi connectivity index (χ3n) is 3.57. The summed E-state index contributed by atoms with van der Waals surface area (Å²) in [4.78, 5) is 2.14. The summed E-state index contributed by atoms with van der Waals surface area (Å²) in [6.45, 7) is 5.33. The molecule has 2 rings (SSSR count). The topological polar surface area (TPSA) is 15.3 Å². The Kier molecular flexibility index (Phi) is 9.74. The third kappa shape index (κ3) is 4.93. The van der Waals surface area contributed by atoms with E-state index in [0.29, 0.717) is 0 Å². The summed E-state index contributed by atoms with van der Waals surface area (Å²) in [5, 5.41) is 3.24. The average Bonchev–Trinajstić information content (AvgIpc) is 2.43. The van der Waals surface area contributed by atoms with Gasteiger partial charge in [-0.15, -0.1) is 24.8 Å². The fraction of sp³-hybridized carbons (Fsp3) is 0.571. The van der Waals surface area contributed by atoms with Gasteiger partial charge in [-0.3, -0.25) is 4.90 Å². The van der Waals surface area contributed by atoms with Gasteiger partial charge in [-0.1, -0.05) is 24.9 Å². The lowest BCUT2D eigenvalue weighted by Crippen LogP contribution is -2.45. The molecule has 1 aliphatic heterocycles. The zero-order chi connectivity index (χ0) is 13.8. The molecule has 2 nitrogen and oxygen atoms in total. The van der Waals surface area contributed by atoms with Crippen LogP contribution in [0.3, 0.4) is 0 Å². The van der Waals surface area contributed by atoms with Gasteiger partial charge in [0.15, 0.2) is 0 Å². The van der Waals surface area contributed by atoms with E-state index in [-0.39, 0.29) is 41.4 Å². The summed E-state index contributed by atoms with van der Waals surface area (Å²) >= 11 is 5.80. The van der Waals surface area contributed by atoms with Crippen molar-refractivity contribution < 1.29 is 8.78 Å². The third-order valence-corrected chi connectivity index (χ3v) is 3.86. The van der Waals surface area contributed by atoms with E-state index in [4.69, 9.17) is 11.6 Å². The van der Waals surface area contributed by atoms with Crippen LogP contribution in [-0.4, -0.2) is 31.1 Å². The summed E-state index contributed by atoms with van der Waals surface area (Å²) < 4.78 is 28.2. The Bertz CT molecular complexity index is 440. The first kappa shape index (κ1) is 20.9. The maximum absolute atomic E-state index is 14.2. The van der Waals surface area contributed by atoms with Crippen LogP contribution in [0.25, 0.3) is 0 Å². The Labute approximate surface area is 142 Å². The molecule has 0 spiro atoms. The van der Waals surface area contributed by atoms with Gasteiger partial charge in [0, 0.05) is 37.8 Å². The molecule has 1 fully saturated rings. The van der Waals surface area contributed by atoms with Crippen LogP contribution in [0.2, 0.25) is 5.02 Å². The predicted molar refractivity (Wildman–Crippen MR) is 88.0 cm³/mol. The van der Waals surface area contributed by atoms with Crippen LogP contribution >= 0.6 is 36.4 Å². The van der Waals surface area contributed by atoms with E-state index in [1.54, 1.807) is 0 Å². The van der Waals surface area contributed by atoms with Crippen molar-refractivity contribution in [3.05, 3.63) is 34.4 Å². The molecule has 0 aromatic heterocycles. The Morgan fingerprint density at radius 2 is 1.86 bits per heavy atom. The molecule has 0 radical (unpaired) electrons. The van der Waals surface area contributed by atoms with Crippen molar-refractivity contribution in [2.75, 3.05) is 26.2 Å². The monoisotopic (exact) mass is 360 g/mol. The molecule has 1 atom stereocenters. The highest BCUT2D eigenvalue weighted by Gasteiger charge is 2.27. The first-order chi connectivity index (χ1) is 9.15. The smallest absolute Gasteiger partial charge is 0.149 e. The molecule has 7 heteroatoms. The highest BCUT2D eigenvalue weighted by atomic mass is 35.5. The largest absolute Gasteiger partial charge is 0.314 e. The molecule has 0 aliphatic carbocycles. The highest BCUT2D eigenvalue weighted by Crippen LogP contribution is 2.33. The van der Waals surface area contributed by atoms with Gasteiger partial charge < -0.3 is 5.32 Å². The van der Waals surface area contributed by atoms with Crippen LogP contribution in [-0.2, 0) is 0 Å². The number of rotatable bonds is 4. The Morgan fingerprint density at radius 1 is 1.24 bits per heavy atom. The first-order valence-corrected chi connectivity index (χ1v) is 7.11. The van der Waals surface area contributed by atoms with Crippen molar-refractivity contribution in [3.63, 3.8) is 0 Å². The highest BCUT2D eigenvalue weighted by molar-refractivity contribution is 6.30. The van der Waals surface area contributed by atoms with Crippen molar-refractivity contribution in [3.8, 4) is 0 Å². The zero-order valence-electron chi connectivity index (χ0n) is 11.9. The number of benzene rings is 1. The molecule has 0 saturated carbocycles. The lowest BCUT2D eigenvalue weighted by Gasteiger charge is -2.35. The second kappa shape index (κ2) is 9.80. The Morgan fingerprint density at radius 3 is 2.43 bits per heavy atom. The van der Waals surface area contributed by atoms with Crippen molar-refractivity contribution >= 4 is 36.4 Å². The molecule has 21 heavy (non-hydrogen) atoms. The van der Waals surface area contributed by atoms with Gasteiger partial charge in [0.1, 0.15) is 11.6 Å². The zero-order valence-corrected chi connectivity index (χ0v) is 14.3. The normalized spacial score (nSPS) is 16.8. The molecule has 1 heterocycles. The molecule has 1 N–H and O–H groups in total. The molecule has 1 aliphatic rings. The van der Waals surface area contributed by atoms with Crippen LogP contribution in [0.1, 0.15) is 31.4 Å². The number of nitrogens with zero attached hydrogens (tertiary/aromatic N) is 1. The van der Waals surface area contributed by atoms with Crippen molar-refractivity contribution in [2.45, 2.75) is 25.8 Å². The van der Waals surface area contributed by atoms with Crippen LogP contribution in [0.15, 0.2) is 12.1 Å². The van der Waals surface area contributed by atoms with E-state index < -0.39 is 11.6 Å². The predicted octanol–water partition coefficient (Wildman–Crippen LogP) is 4.21. The molecular weight excluding hydrogens is 341 g/mol. The molecule has 122 valence electrons. The summed E-state index contributed by atoms with van der Waals surface area (Å²) in [6.07, 6.45) is 1.61. The number of hydrogen-bond donors (Lipinski definition) is 1. The fourth-order valence-corrected chi connectivity index (χ4v) is 2.79. The molecule has 0 bridgehead atoms. The molecular formula is C14H21Cl3F2N2. The average molecular weight is 362 g/mol. The second-order valence-corrected chi connectivity index (χ2v) is 5.25. The second-order valence-electron chi connectivity index (χ2n) is 4.85. The van der Waals surface area contributed by atoms with E-state index in [0.717, 1.165) is 39.0 Å².